The number of nitrogens with one attached hydrogen (secondary N) is 2. The molecule has 1 unspecified atom stereocenters. The van der Waals surface area contributed by atoms with Crippen LogP contribution in [0.4, 0.5) is 36.3 Å². The molecule has 0 spiro atoms. The highest BCUT2D eigenvalue weighted by molar-refractivity contribution is 7.15. The van der Waals surface area contributed by atoms with Crippen LogP contribution in [0.3, 0.4) is 0 Å². The van der Waals surface area contributed by atoms with Gasteiger partial charge in [0.15, 0.2) is 0 Å². The van der Waals surface area contributed by atoms with Gasteiger partial charge in [0, 0.05) is 43.8 Å². The minimum Gasteiger partial charge on any atom is -0.339 e. The van der Waals surface area contributed by atoms with Crippen LogP contribution in [0.5, 0.6) is 0 Å². The number of carbonyl (C=O) groups is 1. The second kappa shape index (κ2) is 12.7. The van der Waals surface area contributed by atoms with E-state index in [0.717, 1.165) is 54.2 Å². The van der Waals surface area contributed by atoms with Crippen molar-refractivity contribution in [2.75, 3.05) is 37.3 Å². The van der Waals surface area contributed by atoms with E-state index in [0.29, 0.717) is 24.3 Å². The van der Waals surface area contributed by atoms with Gasteiger partial charge < -0.3 is 20.4 Å². The maximum atomic E-state index is 14.0. The minimum absolute atomic E-state index is 0.0111. The van der Waals surface area contributed by atoms with Crippen molar-refractivity contribution in [2.45, 2.75) is 39.3 Å². The van der Waals surface area contributed by atoms with E-state index in [1.54, 1.807) is 42.4 Å². The lowest BCUT2D eigenvalue weighted by atomic mass is 9.97. The first kappa shape index (κ1) is 30.4. The number of fused-ring (bicyclic) bond motifs is 1. The molecule has 13 heteroatoms. The van der Waals surface area contributed by atoms with Crippen LogP contribution in [0.2, 0.25) is 0 Å². The molecule has 1 aliphatic rings. The average molecular weight is 611 g/mol. The number of carbonyl (C=O) groups excluding carboxylic acids is 1. The van der Waals surface area contributed by atoms with Crippen LogP contribution < -0.4 is 10.6 Å². The van der Waals surface area contributed by atoms with E-state index in [9.17, 15) is 18.0 Å². The van der Waals surface area contributed by atoms with Gasteiger partial charge in [-0.05, 0) is 54.1 Å². The molecule has 2 aromatic carbocycles. The van der Waals surface area contributed by atoms with E-state index in [1.165, 1.54) is 0 Å². The Kier molecular flexibility index (Phi) is 8.98. The van der Waals surface area contributed by atoms with Crippen LogP contribution in [0.15, 0.2) is 55.0 Å². The number of amides is 1. The average Bonchev–Trinajstić information content (AvgIpc) is 3.58. The van der Waals surface area contributed by atoms with Gasteiger partial charge in [0.2, 0.25) is 5.95 Å². The normalized spacial score (nSPS) is 13.1. The topological polar surface area (TPSA) is 91.2 Å². The highest BCUT2D eigenvalue weighted by atomic mass is 31.0. The lowest BCUT2D eigenvalue weighted by molar-refractivity contribution is -0.137. The Morgan fingerprint density at radius 1 is 1.05 bits per heavy atom. The molecule has 0 radical (unpaired) electrons. The van der Waals surface area contributed by atoms with E-state index >= 15 is 0 Å². The minimum atomic E-state index is -4.72. The Morgan fingerprint density at radius 3 is 2.47 bits per heavy atom. The maximum Gasteiger partial charge on any atom is 0.421 e. The Bertz CT molecular complexity index is 1600. The first-order chi connectivity index (χ1) is 20.6. The lowest BCUT2D eigenvalue weighted by Gasteiger charge is -2.17. The number of hydrogen-bond acceptors (Lipinski definition) is 7. The van der Waals surface area contributed by atoms with Crippen molar-refractivity contribution in [3.63, 3.8) is 0 Å². The first-order valence-corrected chi connectivity index (χ1v) is 14.9. The second-order valence-corrected chi connectivity index (χ2v) is 10.7. The Hall–Kier alpha value is -4.02. The van der Waals surface area contributed by atoms with Crippen molar-refractivity contribution in [2.24, 2.45) is 0 Å². The summed E-state index contributed by atoms with van der Waals surface area (Å²) in [5, 5.41) is 10.3. The molecule has 43 heavy (non-hydrogen) atoms. The van der Waals surface area contributed by atoms with Crippen molar-refractivity contribution in [3.8, 4) is 11.1 Å². The van der Waals surface area contributed by atoms with Crippen molar-refractivity contribution < 1.29 is 18.0 Å². The molecule has 0 saturated carbocycles. The third-order valence-corrected chi connectivity index (χ3v) is 8.02. The molecular weight excluding hydrogens is 576 g/mol. The fourth-order valence-corrected chi connectivity index (χ4v) is 5.34. The molecule has 9 nitrogen and oxygen atoms in total. The highest BCUT2D eigenvalue weighted by Gasteiger charge is 2.37. The van der Waals surface area contributed by atoms with Crippen molar-refractivity contribution in [1.29, 1.82) is 0 Å². The summed E-state index contributed by atoms with van der Waals surface area (Å²) < 4.78 is 43.9. The van der Waals surface area contributed by atoms with Gasteiger partial charge in [-0.25, -0.2) is 4.98 Å². The van der Waals surface area contributed by atoms with Crippen LogP contribution in [0, 0.1) is 0 Å². The zero-order chi connectivity index (χ0) is 30.7. The quantitative estimate of drug-likeness (QED) is 0.197. The van der Waals surface area contributed by atoms with Crippen LogP contribution >= 0.6 is 9.24 Å². The van der Waals surface area contributed by atoms with Gasteiger partial charge in [-0.3, -0.25) is 9.48 Å². The van der Waals surface area contributed by atoms with Crippen LogP contribution in [0.1, 0.15) is 40.9 Å². The number of benzene rings is 2. The van der Waals surface area contributed by atoms with Crippen molar-refractivity contribution in [1.82, 2.24) is 29.5 Å². The number of alkyl halides is 3. The van der Waals surface area contributed by atoms with E-state index < -0.39 is 17.6 Å². The molecule has 3 heterocycles. The summed E-state index contributed by atoms with van der Waals surface area (Å²) in [6.45, 7) is 8.03. The molecule has 4 aromatic rings. The molecule has 2 aromatic heterocycles. The number of nitrogens with zero attached hydrogens (tertiary/aromatic N) is 6. The van der Waals surface area contributed by atoms with E-state index in [-0.39, 0.29) is 17.5 Å². The van der Waals surface area contributed by atoms with Gasteiger partial charge in [0.25, 0.3) is 5.91 Å². The van der Waals surface area contributed by atoms with E-state index in [1.807, 2.05) is 23.0 Å². The van der Waals surface area contributed by atoms with Gasteiger partial charge >= 0.3 is 6.18 Å². The molecule has 226 valence electrons. The van der Waals surface area contributed by atoms with Crippen molar-refractivity contribution >= 4 is 38.3 Å². The highest BCUT2D eigenvalue weighted by Crippen LogP contribution is 2.40. The lowest BCUT2D eigenvalue weighted by Crippen LogP contribution is -2.27. The third-order valence-electron chi connectivity index (χ3n) is 7.55. The van der Waals surface area contributed by atoms with Gasteiger partial charge in [0.05, 0.1) is 24.0 Å². The third kappa shape index (κ3) is 6.65. The predicted octanol–water partition coefficient (Wildman–Crippen LogP) is 6.15. The van der Waals surface area contributed by atoms with Crippen LogP contribution in [0.25, 0.3) is 11.1 Å². The van der Waals surface area contributed by atoms with Crippen LogP contribution in [-0.2, 0) is 25.4 Å². The number of hydrogen-bond donors (Lipinski definition) is 2. The SMILES string of the molecule is CCN(CC)CCn1cc(-c2ccc(Nc3nc(Nc4ccc(CP)cc4)ncc3C(F)(F)F)c3c2CN(C)C3=O)cn1. The maximum absolute atomic E-state index is 14.0. The smallest absolute Gasteiger partial charge is 0.339 e. The van der Waals surface area contributed by atoms with Crippen molar-refractivity contribution in [3.05, 3.63) is 77.2 Å². The van der Waals surface area contributed by atoms with E-state index in [4.69, 9.17) is 0 Å². The Balaban J connectivity index is 1.47. The number of halogens is 3. The molecule has 0 saturated heterocycles. The van der Waals surface area contributed by atoms with Gasteiger partial charge in [0.1, 0.15) is 11.4 Å². The molecule has 5 rings (SSSR count). The first-order valence-electron chi connectivity index (χ1n) is 14.0. The van der Waals surface area contributed by atoms with Gasteiger partial charge in [-0.15, -0.1) is 9.24 Å². The fourth-order valence-electron chi connectivity index (χ4n) is 5.07. The summed E-state index contributed by atoms with van der Waals surface area (Å²) in [5.41, 5.74) is 3.59. The Labute approximate surface area is 250 Å². The number of likely N-dealkylation sites (N-methyl/N-ethyl adjacent to an activating group) is 1. The zero-order valence-electron chi connectivity index (χ0n) is 24.2. The fraction of sp³-hybridized carbons (Fsp3) is 0.333. The standard InChI is InChI=1S/C30H34F3N8OP/c1-4-40(5-2)12-13-41-16-20(14-35-41)22-10-11-25(26-23(22)17-39(3)28(26)42)37-27-24(30(31,32)33)15-34-29(38-27)36-21-8-6-19(18-43)7-9-21/h6-11,14-16H,4-5,12-13,17-18,43H2,1-3H3,(H2,34,36,37,38). The molecule has 1 aliphatic heterocycles. The van der Waals surface area contributed by atoms with E-state index in [2.05, 4.69) is 53.7 Å². The summed E-state index contributed by atoms with van der Waals surface area (Å²) in [6.07, 6.45) is 0.491. The molecule has 1 atom stereocenters. The monoisotopic (exact) mass is 610 g/mol. The summed E-state index contributed by atoms with van der Waals surface area (Å²) in [4.78, 5) is 25.2. The summed E-state index contributed by atoms with van der Waals surface area (Å²) in [5.74, 6) is -0.750. The molecule has 1 amide bonds. The van der Waals surface area contributed by atoms with Gasteiger partial charge in [-0.2, -0.15) is 23.3 Å². The van der Waals surface area contributed by atoms with Crippen LogP contribution in [-0.4, -0.2) is 62.1 Å². The molecule has 0 bridgehead atoms. The zero-order valence-corrected chi connectivity index (χ0v) is 25.4. The number of rotatable bonds is 11. The number of aromatic nitrogens is 4. The predicted molar refractivity (Wildman–Crippen MR) is 165 cm³/mol. The molecule has 0 aliphatic carbocycles. The molecule has 0 fully saturated rings. The van der Waals surface area contributed by atoms with Gasteiger partial charge in [-0.1, -0.05) is 32.0 Å². The second-order valence-electron chi connectivity index (χ2n) is 10.3. The Morgan fingerprint density at radius 2 is 1.79 bits per heavy atom. The number of anilines is 4. The summed E-state index contributed by atoms with van der Waals surface area (Å²) >= 11 is 0. The molecular formula is C30H34F3N8OP. The largest absolute Gasteiger partial charge is 0.421 e. The summed E-state index contributed by atoms with van der Waals surface area (Å²) in [7, 11) is 4.30. The summed E-state index contributed by atoms with van der Waals surface area (Å²) in [6, 6.07) is 10.8. The molecule has 2 N–H and O–H groups in total.